The highest BCUT2D eigenvalue weighted by molar-refractivity contribution is 7.89. The van der Waals surface area contributed by atoms with E-state index in [2.05, 4.69) is 4.74 Å². The molecule has 0 heterocycles. The number of carbonyl (C=O) groups is 1. The van der Waals surface area contributed by atoms with Gasteiger partial charge in [0.25, 0.3) is 0 Å². The van der Waals surface area contributed by atoms with E-state index in [1.165, 1.54) is 11.4 Å². The van der Waals surface area contributed by atoms with E-state index in [-0.39, 0.29) is 25.3 Å². The third-order valence-electron chi connectivity index (χ3n) is 2.30. The van der Waals surface area contributed by atoms with E-state index in [0.717, 1.165) is 12.8 Å². The number of methoxy groups -OCH3 is 1. The van der Waals surface area contributed by atoms with Gasteiger partial charge in [-0.25, -0.2) is 8.42 Å². The van der Waals surface area contributed by atoms with Crippen LogP contribution in [-0.2, 0) is 19.6 Å². The molecule has 0 aromatic rings. The van der Waals surface area contributed by atoms with E-state index in [1.807, 2.05) is 6.92 Å². The summed E-state index contributed by atoms with van der Waals surface area (Å²) in [5.74, 6) is -0.823. The number of hydrogen-bond acceptors (Lipinski definition) is 5. The Kier molecular flexibility index (Phi) is 8.11. The molecule has 0 saturated carbocycles. The molecule has 0 rings (SSSR count). The van der Waals surface area contributed by atoms with Crippen LogP contribution in [0.1, 0.15) is 26.2 Å². The van der Waals surface area contributed by atoms with Crippen molar-refractivity contribution in [3.63, 3.8) is 0 Å². The minimum absolute atomic E-state index is 0.0729. The first-order valence-electron chi connectivity index (χ1n) is 5.63. The summed E-state index contributed by atoms with van der Waals surface area (Å²) in [5.41, 5.74) is 0. The number of nitrogens with zero attached hydrogens (tertiary/aromatic N) is 1. The first-order chi connectivity index (χ1) is 7.97. The molecule has 0 aromatic heterocycles. The van der Waals surface area contributed by atoms with Gasteiger partial charge in [-0.3, -0.25) is 4.79 Å². The molecule has 0 radical (unpaired) electrons. The summed E-state index contributed by atoms with van der Waals surface area (Å²) in [6.07, 6.45) is 1.44. The van der Waals surface area contributed by atoms with Crippen LogP contribution in [0, 0.1) is 0 Å². The van der Waals surface area contributed by atoms with Crippen LogP contribution >= 0.6 is 0 Å². The van der Waals surface area contributed by atoms with Gasteiger partial charge in [-0.1, -0.05) is 13.3 Å². The standard InChI is InChI=1S/C10H21NO5S/c1-3-4-6-11(7-8-12)17(14,15)9-5-10(13)16-2/h12H,3-9H2,1-2H3. The number of unbranched alkanes of at least 4 members (excludes halogenated alkanes) is 1. The summed E-state index contributed by atoms with van der Waals surface area (Å²) in [7, 11) is -2.27. The van der Waals surface area contributed by atoms with Gasteiger partial charge in [0.15, 0.2) is 0 Å². The summed E-state index contributed by atoms with van der Waals surface area (Å²) in [5, 5.41) is 8.83. The lowest BCUT2D eigenvalue weighted by molar-refractivity contribution is -0.140. The molecule has 0 spiro atoms. The molecule has 0 aliphatic carbocycles. The van der Waals surface area contributed by atoms with Crippen LogP contribution in [-0.4, -0.2) is 56.4 Å². The second-order valence-corrected chi connectivity index (χ2v) is 5.71. The van der Waals surface area contributed by atoms with Crippen molar-refractivity contribution in [3.05, 3.63) is 0 Å². The summed E-state index contributed by atoms with van der Waals surface area (Å²) in [6, 6.07) is 0. The number of ether oxygens (including phenoxy) is 1. The number of aliphatic hydroxyl groups is 1. The predicted octanol–water partition coefficient (Wildman–Crippen LogP) is -0.0263. The van der Waals surface area contributed by atoms with Gasteiger partial charge in [0.1, 0.15) is 0 Å². The number of carbonyl (C=O) groups excluding carboxylic acids is 1. The maximum atomic E-state index is 11.9. The zero-order valence-electron chi connectivity index (χ0n) is 10.4. The van der Waals surface area contributed by atoms with Crippen molar-refractivity contribution in [2.75, 3.05) is 32.6 Å². The summed E-state index contributed by atoms with van der Waals surface area (Å²) in [6.45, 7) is 2.18. The smallest absolute Gasteiger partial charge is 0.306 e. The maximum Gasteiger partial charge on any atom is 0.306 e. The van der Waals surface area contributed by atoms with Gasteiger partial charge in [-0.05, 0) is 6.42 Å². The van der Waals surface area contributed by atoms with Crippen LogP contribution in [0.25, 0.3) is 0 Å². The molecule has 0 bridgehead atoms. The van der Waals surface area contributed by atoms with Crippen LogP contribution in [0.15, 0.2) is 0 Å². The fourth-order valence-electron chi connectivity index (χ4n) is 1.28. The van der Waals surface area contributed by atoms with Crippen molar-refractivity contribution >= 4 is 16.0 Å². The average Bonchev–Trinajstić information content (AvgIpc) is 2.31. The maximum absolute atomic E-state index is 11.9. The van der Waals surface area contributed by atoms with E-state index in [9.17, 15) is 13.2 Å². The molecule has 0 aliphatic heterocycles. The molecular formula is C10H21NO5S. The highest BCUT2D eigenvalue weighted by Crippen LogP contribution is 2.06. The Balaban J connectivity index is 4.43. The lowest BCUT2D eigenvalue weighted by atomic mass is 10.3. The molecule has 0 atom stereocenters. The van der Waals surface area contributed by atoms with Gasteiger partial charge < -0.3 is 9.84 Å². The number of esters is 1. The SMILES string of the molecule is CCCCN(CCO)S(=O)(=O)CCC(=O)OC. The van der Waals surface area contributed by atoms with Crippen molar-refractivity contribution in [1.29, 1.82) is 0 Å². The van der Waals surface area contributed by atoms with Gasteiger partial charge in [-0.2, -0.15) is 4.31 Å². The van der Waals surface area contributed by atoms with Gasteiger partial charge in [-0.15, -0.1) is 0 Å². The lowest BCUT2D eigenvalue weighted by Gasteiger charge is -2.20. The second kappa shape index (κ2) is 8.43. The van der Waals surface area contributed by atoms with Crippen molar-refractivity contribution < 1.29 is 23.1 Å². The molecular weight excluding hydrogens is 246 g/mol. The monoisotopic (exact) mass is 267 g/mol. The Morgan fingerprint density at radius 3 is 2.47 bits per heavy atom. The molecule has 6 nitrogen and oxygen atoms in total. The van der Waals surface area contributed by atoms with Crippen molar-refractivity contribution in [2.45, 2.75) is 26.2 Å². The van der Waals surface area contributed by atoms with E-state index < -0.39 is 16.0 Å². The van der Waals surface area contributed by atoms with E-state index in [0.29, 0.717) is 6.54 Å². The Hall–Kier alpha value is -0.660. The molecule has 0 saturated heterocycles. The van der Waals surface area contributed by atoms with Crippen LogP contribution < -0.4 is 0 Å². The van der Waals surface area contributed by atoms with Crippen LogP contribution in [0.3, 0.4) is 0 Å². The van der Waals surface area contributed by atoms with Gasteiger partial charge in [0.2, 0.25) is 10.0 Å². The number of hydrogen-bond donors (Lipinski definition) is 1. The molecule has 0 aliphatic rings. The molecule has 102 valence electrons. The molecule has 0 unspecified atom stereocenters. The van der Waals surface area contributed by atoms with Crippen LogP contribution in [0.4, 0.5) is 0 Å². The Morgan fingerprint density at radius 1 is 1.35 bits per heavy atom. The highest BCUT2D eigenvalue weighted by atomic mass is 32.2. The van der Waals surface area contributed by atoms with Crippen LogP contribution in [0.5, 0.6) is 0 Å². The fourth-order valence-corrected chi connectivity index (χ4v) is 2.73. The Morgan fingerprint density at radius 2 is 2.00 bits per heavy atom. The first kappa shape index (κ1) is 16.3. The fraction of sp³-hybridized carbons (Fsp3) is 0.900. The highest BCUT2D eigenvalue weighted by Gasteiger charge is 2.22. The zero-order chi connectivity index (χ0) is 13.3. The van der Waals surface area contributed by atoms with Crippen molar-refractivity contribution in [2.24, 2.45) is 0 Å². The first-order valence-corrected chi connectivity index (χ1v) is 7.24. The summed E-state index contributed by atoms with van der Waals surface area (Å²) >= 11 is 0. The van der Waals surface area contributed by atoms with E-state index >= 15 is 0 Å². The molecule has 0 fully saturated rings. The minimum atomic E-state index is -3.49. The second-order valence-electron chi connectivity index (χ2n) is 3.62. The predicted molar refractivity (Wildman–Crippen MR) is 64.0 cm³/mol. The van der Waals surface area contributed by atoms with Gasteiger partial charge in [0, 0.05) is 13.1 Å². The van der Waals surface area contributed by atoms with Gasteiger partial charge >= 0.3 is 5.97 Å². The van der Waals surface area contributed by atoms with E-state index in [4.69, 9.17) is 5.11 Å². The summed E-state index contributed by atoms with van der Waals surface area (Å²) < 4.78 is 29.3. The quantitative estimate of drug-likeness (QED) is 0.593. The lowest BCUT2D eigenvalue weighted by Crippen LogP contribution is -2.36. The Labute approximate surface area is 103 Å². The molecule has 1 N–H and O–H groups in total. The third-order valence-corrected chi connectivity index (χ3v) is 4.17. The largest absolute Gasteiger partial charge is 0.469 e. The van der Waals surface area contributed by atoms with E-state index in [1.54, 1.807) is 0 Å². The number of sulfonamides is 1. The molecule has 7 heteroatoms. The molecule has 0 aromatic carbocycles. The van der Waals surface area contributed by atoms with Gasteiger partial charge in [0.05, 0.1) is 25.9 Å². The normalized spacial score (nSPS) is 11.8. The molecule has 0 amide bonds. The minimum Gasteiger partial charge on any atom is -0.469 e. The zero-order valence-corrected chi connectivity index (χ0v) is 11.2. The van der Waals surface area contributed by atoms with Crippen molar-refractivity contribution in [3.8, 4) is 0 Å². The Bertz CT molecular complexity index is 315. The third kappa shape index (κ3) is 6.60. The average molecular weight is 267 g/mol. The molecule has 17 heavy (non-hydrogen) atoms. The topological polar surface area (TPSA) is 83.9 Å². The number of aliphatic hydroxyl groups excluding tert-OH is 1. The number of rotatable bonds is 9. The van der Waals surface area contributed by atoms with Crippen molar-refractivity contribution in [1.82, 2.24) is 4.31 Å². The van der Waals surface area contributed by atoms with Crippen LogP contribution in [0.2, 0.25) is 0 Å². The summed E-state index contributed by atoms with van der Waals surface area (Å²) in [4.78, 5) is 10.9.